The van der Waals surface area contributed by atoms with Crippen molar-refractivity contribution in [1.29, 1.82) is 0 Å². The van der Waals surface area contributed by atoms with E-state index in [-0.39, 0.29) is 36.9 Å². The van der Waals surface area contributed by atoms with Crippen LogP contribution >= 0.6 is 0 Å². The van der Waals surface area contributed by atoms with Crippen molar-refractivity contribution in [2.45, 2.75) is 19.9 Å². The summed E-state index contributed by atoms with van der Waals surface area (Å²) in [6.45, 7) is 3.55. The quantitative estimate of drug-likeness (QED) is 0.407. The van der Waals surface area contributed by atoms with Crippen LogP contribution in [0.4, 0.5) is 0 Å². The third-order valence-electron chi connectivity index (χ3n) is 1.00. The Labute approximate surface area is 78.4 Å². The van der Waals surface area contributed by atoms with Gasteiger partial charge in [-0.05, 0) is 5.92 Å². The van der Waals surface area contributed by atoms with Crippen molar-refractivity contribution in [2.75, 3.05) is 0 Å². The topological polar surface area (TPSA) is 63.3 Å². The van der Waals surface area contributed by atoms with E-state index in [1.807, 2.05) is 0 Å². The van der Waals surface area contributed by atoms with Crippen molar-refractivity contribution >= 4 is 5.97 Å². The van der Waals surface area contributed by atoms with Crippen molar-refractivity contribution in [2.24, 2.45) is 11.7 Å². The summed E-state index contributed by atoms with van der Waals surface area (Å²) in [5.41, 5.74) is 5.16. The number of nitrogens with two attached hydrogens (primary N) is 1. The number of rotatable bonds is 2. The molecule has 0 aliphatic carbocycles. The van der Waals surface area contributed by atoms with E-state index in [1.165, 1.54) is 0 Å². The third kappa shape index (κ3) is 4.90. The van der Waals surface area contributed by atoms with Gasteiger partial charge in [-0.2, -0.15) is 0 Å². The van der Waals surface area contributed by atoms with E-state index >= 15 is 0 Å². The van der Waals surface area contributed by atoms with Gasteiger partial charge in [0.05, 0.1) is 0 Å². The molecule has 0 rings (SSSR count). The van der Waals surface area contributed by atoms with Gasteiger partial charge in [-0.3, -0.25) is 4.79 Å². The minimum Gasteiger partial charge on any atom is -1.00 e. The van der Waals surface area contributed by atoms with Crippen molar-refractivity contribution < 1.29 is 40.9 Å². The Morgan fingerprint density at radius 1 is 1.67 bits per heavy atom. The Hall–Kier alpha value is 0.430. The minimum absolute atomic E-state index is 0. The van der Waals surface area contributed by atoms with Gasteiger partial charge in [-0.15, -0.1) is 0 Å². The number of hydrogen-bond donors (Lipinski definition) is 2. The van der Waals surface area contributed by atoms with Crippen LogP contribution in [0.3, 0.4) is 0 Å². The molecule has 0 fully saturated rings. The first-order chi connectivity index (χ1) is 3.55. The third-order valence-corrected chi connectivity index (χ3v) is 1.00. The molecular weight excluding hydrogens is 129 g/mol. The standard InChI is InChI=1S/C5H11NO2.Na.H/c1-3(2)4(6)5(7)8;;/h3-4H,6H2,1-2H3,(H,7,8);;/q;+1;-1/t4-;;/m1../s1. The SMILES string of the molecule is CC(C)[C@@H](N)C(=O)O.[H-].[Na+]. The normalized spacial score (nSPS) is 12.4. The van der Waals surface area contributed by atoms with Crippen LogP contribution in [0, 0.1) is 5.92 Å². The molecule has 0 aromatic rings. The minimum atomic E-state index is -0.931. The molecule has 0 heterocycles. The molecular formula is C5H12NNaO2. The second-order valence-electron chi connectivity index (χ2n) is 2.11. The molecule has 3 N–H and O–H groups in total. The number of carboxylic acid groups (broad SMARTS) is 1. The predicted molar refractivity (Wildman–Crippen MR) is 31.6 cm³/mol. The Bertz CT molecular complexity index is 99.6. The summed E-state index contributed by atoms with van der Waals surface area (Å²) >= 11 is 0. The van der Waals surface area contributed by atoms with Crippen molar-refractivity contribution in [1.82, 2.24) is 0 Å². The second-order valence-corrected chi connectivity index (χ2v) is 2.11. The maximum absolute atomic E-state index is 10.0. The molecule has 0 aromatic carbocycles. The van der Waals surface area contributed by atoms with Gasteiger partial charge in [0.2, 0.25) is 0 Å². The summed E-state index contributed by atoms with van der Waals surface area (Å²) in [6.07, 6.45) is 0. The molecule has 0 unspecified atom stereocenters. The average Bonchev–Trinajstić information content (AvgIpc) is 1.64. The van der Waals surface area contributed by atoms with Crippen LogP contribution in [-0.4, -0.2) is 17.1 Å². The molecule has 1 atom stereocenters. The van der Waals surface area contributed by atoms with Crippen molar-refractivity contribution in [3.05, 3.63) is 0 Å². The zero-order valence-electron chi connectivity index (χ0n) is 7.09. The van der Waals surface area contributed by atoms with Crippen LogP contribution < -0.4 is 35.3 Å². The predicted octanol–water partition coefficient (Wildman–Crippen LogP) is -2.83. The van der Waals surface area contributed by atoms with Gasteiger partial charge in [0.15, 0.2) is 0 Å². The molecule has 3 nitrogen and oxygen atoms in total. The first-order valence-corrected chi connectivity index (χ1v) is 2.54. The largest absolute Gasteiger partial charge is 1.00 e. The molecule has 0 spiro atoms. The van der Waals surface area contributed by atoms with Gasteiger partial charge in [-0.25, -0.2) is 0 Å². The fourth-order valence-corrected chi connectivity index (χ4v) is 0.285. The van der Waals surface area contributed by atoms with E-state index in [9.17, 15) is 4.79 Å². The smallest absolute Gasteiger partial charge is 1.00 e. The number of carbonyl (C=O) groups is 1. The van der Waals surface area contributed by atoms with Gasteiger partial charge >= 0.3 is 35.5 Å². The maximum Gasteiger partial charge on any atom is 1.00 e. The molecule has 50 valence electrons. The Kier molecular flexibility index (Phi) is 7.06. The number of hydrogen-bond acceptors (Lipinski definition) is 2. The molecule has 0 aliphatic heterocycles. The monoisotopic (exact) mass is 141 g/mol. The van der Waals surface area contributed by atoms with Crippen molar-refractivity contribution in [3.63, 3.8) is 0 Å². The molecule has 0 aromatic heterocycles. The van der Waals surface area contributed by atoms with E-state index in [1.54, 1.807) is 13.8 Å². The maximum atomic E-state index is 10.0. The van der Waals surface area contributed by atoms with E-state index in [0.29, 0.717) is 0 Å². The van der Waals surface area contributed by atoms with Gasteiger partial charge < -0.3 is 12.3 Å². The summed E-state index contributed by atoms with van der Waals surface area (Å²) < 4.78 is 0. The zero-order chi connectivity index (χ0) is 6.73. The van der Waals surface area contributed by atoms with E-state index < -0.39 is 12.0 Å². The second kappa shape index (κ2) is 5.23. The summed E-state index contributed by atoms with van der Waals surface area (Å²) in [5, 5.41) is 8.23. The molecule has 4 heteroatoms. The summed E-state index contributed by atoms with van der Waals surface area (Å²) in [5.74, 6) is -0.910. The van der Waals surface area contributed by atoms with Gasteiger partial charge in [0.25, 0.3) is 0 Å². The van der Waals surface area contributed by atoms with E-state index in [4.69, 9.17) is 10.8 Å². The van der Waals surface area contributed by atoms with Crippen LogP contribution in [0.1, 0.15) is 15.3 Å². The Morgan fingerprint density at radius 3 is 2.00 bits per heavy atom. The van der Waals surface area contributed by atoms with E-state index in [0.717, 1.165) is 0 Å². The molecule has 0 radical (unpaired) electrons. The molecule has 0 saturated carbocycles. The fraction of sp³-hybridized carbons (Fsp3) is 0.800. The van der Waals surface area contributed by atoms with Gasteiger partial charge in [-0.1, -0.05) is 13.8 Å². The van der Waals surface area contributed by atoms with Gasteiger partial charge in [0.1, 0.15) is 6.04 Å². The first-order valence-electron chi connectivity index (χ1n) is 2.54. The first kappa shape index (κ1) is 12.1. The fourth-order valence-electron chi connectivity index (χ4n) is 0.285. The van der Waals surface area contributed by atoms with Crippen LogP contribution in [0.25, 0.3) is 0 Å². The Balaban J connectivity index is -0.000000245. The summed E-state index contributed by atoms with van der Waals surface area (Å²) in [4.78, 5) is 10.0. The molecule has 0 bridgehead atoms. The van der Waals surface area contributed by atoms with Gasteiger partial charge in [0, 0.05) is 0 Å². The summed E-state index contributed by atoms with van der Waals surface area (Å²) in [7, 11) is 0. The van der Waals surface area contributed by atoms with Crippen LogP contribution in [-0.2, 0) is 4.79 Å². The zero-order valence-corrected chi connectivity index (χ0v) is 8.09. The molecule has 0 saturated heterocycles. The molecule has 0 amide bonds. The molecule has 9 heavy (non-hydrogen) atoms. The number of carboxylic acids is 1. The average molecular weight is 141 g/mol. The van der Waals surface area contributed by atoms with Crippen LogP contribution in [0.2, 0.25) is 0 Å². The number of aliphatic carboxylic acids is 1. The summed E-state index contributed by atoms with van der Waals surface area (Å²) in [6, 6.07) is -0.713. The van der Waals surface area contributed by atoms with Crippen LogP contribution in [0.5, 0.6) is 0 Å². The van der Waals surface area contributed by atoms with Crippen LogP contribution in [0.15, 0.2) is 0 Å². The molecule has 0 aliphatic rings. The van der Waals surface area contributed by atoms with Crippen molar-refractivity contribution in [3.8, 4) is 0 Å². The van der Waals surface area contributed by atoms with E-state index in [2.05, 4.69) is 0 Å². The Morgan fingerprint density at radius 2 is 2.00 bits per heavy atom.